The summed E-state index contributed by atoms with van der Waals surface area (Å²) in [7, 11) is -2.45. The van der Waals surface area contributed by atoms with E-state index >= 15 is 0 Å². The maximum atomic E-state index is 13.8. The number of methoxy groups -OCH3 is 1. The molecule has 0 saturated carbocycles. The summed E-state index contributed by atoms with van der Waals surface area (Å²) in [4.78, 5) is -0.298. The van der Waals surface area contributed by atoms with E-state index < -0.39 is 23.5 Å². The first-order valence-electron chi connectivity index (χ1n) is 9.30. The van der Waals surface area contributed by atoms with Crippen molar-refractivity contribution in [2.75, 3.05) is 7.11 Å². The van der Waals surface area contributed by atoms with Crippen molar-refractivity contribution in [2.24, 2.45) is 0 Å². The monoisotopic (exact) mass is 602 g/mol. The summed E-state index contributed by atoms with van der Waals surface area (Å²) in [6, 6.07) is 13.3. The van der Waals surface area contributed by atoms with Gasteiger partial charge in [0.1, 0.15) is 5.82 Å². The number of halogens is 4. The summed E-state index contributed by atoms with van der Waals surface area (Å²) >= 11 is 9.95. The molecule has 0 bridgehead atoms. The zero-order chi connectivity index (χ0) is 24.6. The van der Waals surface area contributed by atoms with E-state index in [1.54, 1.807) is 24.3 Å². The van der Waals surface area contributed by atoms with Gasteiger partial charge >= 0.3 is 170 Å². The van der Waals surface area contributed by atoms with Crippen LogP contribution in [0.3, 0.4) is 0 Å². The summed E-state index contributed by atoms with van der Waals surface area (Å²) in [5.74, 6) is 0.00787. The van der Waals surface area contributed by atoms with Crippen LogP contribution in [-0.2, 0) is 14.1 Å². The van der Waals surface area contributed by atoms with Crippen molar-refractivity contribution in [1.82, 2.24) is 10.2 Å². The van der Waals surface area contributed by atoms with Crippen LogP contribution in [0.5, 0.6) is 5.75 Å². The Kier molecular flexibility index (Phi) is 7.38. The maximum absolute atomic E-state index is 13.8. The molecule has 0 aliphatic heterocycles. The molecule has 1 aromatic heterocycles. The molecule has 0 fully saturated rings. The number of hydrogen-bond acceptors (Lipinski definition) is 6. The zero-order valence-corrected chi connectivity index (χ0v) is 22.0. The van der Waals surface area contributed by atoms with Gasteiger partial charge in [0, 0.05) is 0 Å². The van der Waals surface area contributed by atoms with Gasteiger partial charge in [-0.2, -0.15) is 0 Å². The van der Waals surface area contributed by atoms with Gasteiger partial charge in [-0.15, -0.1) is 0 Å². The number of ether oxygens (including phenoxy) is 1. The standard InChI is InChI=1S/C21H12BrClF2N2O4P2S/c1-30-19-10-15(11-3-2-4-12(24)7-11)17(23)9-16(19)20-14-6-5-13(34(28,29)31-33(25)32)8-18(14)26-27-21(20)22/h2-10H,1H3. The molecule has 0 spiro atoms. The molecule has 0 amide bonds. The third-order valence-corrected chi connectivity index (χ3v) is 8.41. The topological polar surface area (TPSA) is 78.4 Å². The van der Waals surface area contributed by atoms with Crippen molar-refractivity contribution in [1.29, 1.82) is 0 Å². The molecule has 0 saturated heterocycles. The van der Waals surface area contributed by atoms with Crippen LogP contribution in [0.1, 0.15) is 0 Å². The number of hydrogen-bond donors (Lipinski definition) is 0. The first kappa shape index (κ1) is 25.2. The molecule has 0 N–H and O–H groups in total. The fourth-order valence-electron chi connectivity index (χ4n) is 3.40. The van der Waals surface area contributed by atoms with Crippen LogP contribution in [-0.4, -0.2) is 25.7 Å². The average molecular weight is 604 g/mol. The first-order chi connectivity index (χ1) is 16.1. The molecular formula is C21H12BrClF2N2O4P2S. The fourth-order valence-corrected chi connectivity index (χ4v) is 6.45. The molecule has 174 valence electrons. The summed E-state index contributed by atoms with van der Waals surface area (Å²) in [6.45, 7) is 0. The molecule has 13 heteroatoms. The Morgan fingerprint density at radius 2 is 1.85 bits per heavy atom. The van der Waals surface area contributed by atoms with Crippen molar-refractivity contribution in [2.45, 2.75) is 4.90 Å². The third kappa shape index (κ3) is 5.03. The van der Waals surface area contributed by atoms with Gasteiger partial charge < -0.3 is 0 Å². The zero-order valence-electron chi connectivity index (χ0n) is 17.0. The minimum atomic E-state index is -4.38. The van der Waals surface area contributed by atoms with Crippen molar-refractivity contribution < 1.29 is 25.7 Å². The third-order valence-electron chi connectivity index (χ3n) is 4.83. The van der Waals surface area contributed by atoms with Crippen LogP contribution in [0, 0.1) is 5.82 Å². The first-order valence-corrected chi connectivity index (χ1v) is 14.2. The number of nitrogens with zero attached hydrogens (tertiary/aromatic N) is 2. The molecule has 34 heavy (non-hydrogen) atoms. The predicted octanol–water partition coefficient (Wildman–Crippen LogP) is 7.84. The van der Waals surface area contributed by atoms with Gasteiger partial charge in [-0.3, -0.25) is 0 Å². The molecule has 0 aliphatic carbocycles. The number of benzene rings is 3. The molecule has 0 aliphatic rings. The Balaban J connectivity index is 1.92. The van der Waals surface area contributed by atoms with E-state index in [0.717, 1.165) is 0 Å². The predicted molar refractivity (Wildman–Crippen MR) is 133 cm³/mol. The van der Waals surface area contributed by atoms with E-state index in [0.29, 0.717) is 43.0 Å². The van der Waals surface area contributed by atoms with Gasteiger partial charge in [-0.25, -0.2) is 4.39 Å². The van der Waals surface area contributed by atoms with Gasteiger partial charge in [-0.1, -0.05) is 12.1 Å². The summed E-state index contributed by atoms with van der Waals surface area (Å²) < 4.78 is 61.6. The number of fused-ring (bicyclic) bond motifs is 1. The van der Waals surface area contributed by atoms with Crippen LogP contribution in [0.15, 0.2) is 64.1 Å². The minimum absolute atomic E-state index is 0.206. The fraction of sp³-hybridized carbons (Fsp3) is 0.0476. The number of rotatable bonds is 5. The van der Waals surface area contributed by atoms with E-state index in [9.17, 15) is 17.0 Å². The van der Waals surface area contributed by atoms with E-state index in [-0.39, 0.29) is 10.4 Å². The molecule has 6 nitrogen and oxygen atoms in total. The van der Waals surface area contributed by atoms with Crippen molar-refractivity contribution in [3.8, 4) is 28.0 Å². The Bertz CT molecular complexity index is 1630. The normalized spacial score (nSPS) is 12.1. The Labute approximate surface area is 209 Å². The Morgan fingerprint density at radius 1 is 1.09 bits per heavy atom. The molecule has 4 aromatic rings. The molecule has 4 rings (SSSR count). The molecule has 1 atom stereocenters. The number of aromatic nitrogens is 2. The average Bonchev–Trinajstić information content (AvgIpc) is 2.77. The summed E-state index contributed by atoms with van der Waals surface area (Å²) in [5, 5.41) is 8.94. The van der Waals surface area contributed by atoms with Crippen LogP contribution in [0.2, 0.25) is 5.02 Å². The second-order valence-corrected chi connectivity index (χ2v) is 11.4. The molecular weight excluding hydrogens is 592 g/mol. The van der Waals surface area contributed by atoms with Gasteiger partial charge in [0.15, 0.2) is 0 Å². The van der Waals surface area contributed by atoms with E-state index in [2.05, 4.69) is 38.4 Å². The Morgan fingerprint density at radius 3 is 2.53 bits per heavy atom. The van der Waals surface area contributed by atoms with Gasteiger partial charge in [0.05, 0.1) is 0 Å². The summed E-state index contributed by atoms with van der Waals surface area (Å²) in [6.07, 6.45) is 0. The molecule has 1 heterocycles. The second kappa shape index (κ2) is 9.97. The van der Waals surface area contributed by atoms with Crippen molar-refractivity contribution in [3.63, 3.8) is 0 Å². The molecule has 1 unspecified atom stereocenters. The van der Waals surface area contributed by atoms with Crippen molar-refractivity contribution in [3.05, 3.63) is 70.0 Å². The Hall–Kier alpha value is -1.93. The van der Waals surface area contributed by atoms with Crippen LogP contribution >= 0.6 is 43.4 Å². The van der Waals surface area contributed by atoms with Crippen molar-refractivity contribution >= 4 is 64.5 Å². The van der Waals surface area contributed by atoms with Crippen LogP contribution in [0.4, 0.5) is 8.59 Å². The molecule has 0 radical (unpaired) electrons. The van der Waals surface area contributed by atoms with Crippen LogP contribution in [0.25, 0.3) is 33.2 Å². The van der Waals surface area contributed by atoms with E-state index in [1.807, 2.05) is 0 Å². The van der Waals surface area contributed by atoms with Gasteiger partial charge in [-0.05, 0) is 17.7 Å². The van der Waals surface area contributed by atoms with E-state index in [4.69, 9.17) is 16.3 Å². The molecule has 3 aromatic carbocycles. The van der Waals surface area contributed by atoms with Crippen LogP contribution < -0.4 is 4.74 Å². The van der Waals surface area contributed by atoms with Gasteiger partial charge in [0.2, 0.25) is 0 Å². The van der Waals surface area contributed by atoms with E-state index in [1.165, 1.54) is 37.4 Å². The SMILES string of the molecule is COc1cc(-c2cccc(F)c2)c(Cl)cc1-c1c(Br)nnc2cc(S(=O)(=O)OP(F)#P)ccc12. The quantitative estimate of drug-likeness (QED) is 0.216. The van der Waals surface area contributed by atoms with Gasteiger partial charge in [0.25, 0.3) is 0 Å². The second-order valence-electron chi connectivity index (χ2n) is 6.84. The summed E-state index contributed by atoms with van der Waals surface area (Å²) in [5.41, 5.74) is 2.40.